The van der Waals surface area contributed by atoms with E-state index in [9.17, 15) is 4.79 Å². The van der Waals surface area contributed by atoms with Crippen LogP contribution >= 0.6 is 0 Å². The lowest BCUT2D eigenvalue weighted by Crippen LogP contribution is -2.26. The van der Waals surface area contributed by atoms with Crippen molar-refractivity contribution in [1.29, 1.82) is 0 Å². The van der Waals surface area contributed by atoms with Gasteiger partial charge in [0.25, 0.3) is 0 Å². The van der Waals surface area contributed by atoms with E-state index in [1.807, 2.05) is 54.6 Å². The smallest absolute Gasteiger partial charge is 0.229 e. The molecule has 2 aromatic carbocycles. The van der Waals surface area contributed by atoms with Crippen molar-refractivity contribution in [3.63, 3.8) is 0 Å². The molecule has 4 rings (SSSR count). The SMILES string of the molecule is COc1cccc(OCC2(c3ccccc3)CC2C(=O)Nc2ccccn2)c1. The van der Waals surface area contributed by atoms with E-state index in [0.29, 0.717) is 12.4 Å². The lowest BCUT2D eigenvalue weighted by atomic mass is 9.93. The highest BCUT2D eigenvalue weighted by molar-refractivity contribution is 5.95. The van der Waals surface area contributed by atoms with E-state index in [1.165, 1.54) is 0 Å². The minimum Gasteiger partial charge on any atom is -0.497 e. The lowest BCUT2D eigenvalue weighted by Gasteiger charge is -2.19. The van der Waals surface area contributed by atoms with Crippen molar-refractivity contribution in [3.05, 3.63) is 84.6 Å². The maximum Gasteiger partial charge on any atom is 0.229 e. The molecule has 1 aromatic heterocycles. The van der Waals surface area contributed by atoms with Gasteiger partial charge in [-0.1, -0.05) is 42.5 Å². The first kappa shape index (κ1) is 18.0. The Kier molecular flexibility index (Phi) is 4.98. The largest absolute Gasteiger partial charge is 0.497 e. The first-order valence-corrected chi connectivity index (χ1v) is 9.25. The van der Waals surface area contributed by atoms with E-state index in [-0.39, 0.29) is 17.2 Å². The minimum atomic E-state index is -0.344. The van der Waals surface area contributed by atoms with Gasteiger partial charge in [0.2, 0.25) is 5.91 Å². The number of nitrogens with one attached hydrogen (secondary N) is 1. The summed E-state index contributed by atoms with van der Waals surface area (Å²) >= 11 is 0. The number of pyridine rings is 1. The Balaban J connectivity index is 1.52. The Labute approximate surface area is 164 Å². The van der Waals surface area contributed by atoms with Crippen molar-refractivity contribution < 1.29 is 14.3 Å². The number of anilines is 1. The third-order valence-corrected chi connectivity index (χ3v) is 5.19. The molecule has 1 aliphatic carbocycles. The van der Waals surface area contributed by atoms with Crippen molar-refractivity contribution in [2.45, 2.75) is 11.8 Å². The van der Waals surface area contributed by atoms with E-state index < -0.39 is 0 Å². The summed E-state index contributed by atoms with van der Waals surface area (Å²) in [6, 6.07) is 23.1. The normalized spacial score (nSPS) is 20.2. The van der Waals surface area contributed by atoms with Crippen LogP contribution < -0.4 is 14.8 Å². The second-order valence-corrected chi connectivity index (χ2v) is 6.95. The average Bonchev–Trinajstić information content (AvgIpc) is 3.50. The van der Waals surface area contributed by atoms with Gasteiger partial charge in [0, 0.05) is 17.7 Å². The van der Waals surface area contributed by atoms with Gasteiger partial charge in [0.05, 0.1) is 19.6 Å². The molecule has 142 valence electrons. The number of rotatable bonds is 7. The number of nitrogens with zero attached hydrogens (tertiary/aromatic N) is 1. The summed E-state index contributed by atoms with van der Waals surface area (Å²) < 4.78 is 11.3. The number of carbonyl (C=O) groups is 1. The van der Waals surface area contributed by atoms with Crippen LogP contribution in [0.15, 0.2) is 79.0 Å². The molecule has 1 aliphatic rings. The quantitative estimate of drug-likeness (QED) is 0.677. The molecule has 0 saturated heterocycles. The van der Waals surface area contributed by atoms with E-state index in [4.69, 9.17) is 9.47 Å². The molecule has 2 atom stereocenters. The predicted molar refractivity (Wildman–Crippen MR) is 108 cm³/mol. The zero-order valence-electron chi connectivity index (χ0n) is 15.7. The van der Waals surface area contributed by atoms with Crippen LogP contribution in [0.5, 0.6) is 11.5 Å². The summed E-state index contributed by atoms with van der Waals surface area (Å²) in [4.78, 5) is 17.0. The third kappa shape index (κ3) is 3.69. The fraction of sp³-hybridized carbons (Fsp3) is 0.217. The standard InChI is InChI=1S/C23H22N2O3/c1-27-18-10-7-11-19(14-18)28-16-23(17-8-3-2-4-9-17)15-20(23)22(26)25-21-12-5-6-13-24-21/h2-14,20H,15-16H2,1H3,(H,24,25,26). The topological polar surface area (TPSA) is 60.5 Å². The molecule has 0 aliphatic heterocycles. The highest BCUT2D eigenvalue weighted by Gasteiger charge is 2.60. The highest BCUT2D eigenvalue weighted by Crippen LogP contribution is 2.55. The predicted octanol–water partition coefficient (Wildman–Crippen LogP) is 4.07. The Hall–Kier alpha value is -3.34. The number of amides is 1. The van der Waals surface area contributed by atoms with E-state index >= 15 is 0 Å². The summed E-state index contributed by atoms with van der Waals surface area (Å²) in [6.45, 7) is 0.421. The second-order valence-electron chi connectivity index (χ2n) is 6.95. The number of ether oxygens (including phenoxy) is 2. The number of carbonyl (C=O) groups excluding carboxylic acids is 1. The zero-order valence-corrected chi connectivity index (χ0v) is 15.7. The van der Waals surface area contributed by atoms with Crippen LogP contribution in [0.4, 0.5) is 5.82 Å². The van der Waals surface area contributed by atoms with Gasteiger partial charge >= 0.3 is 0 Å². The second kappa shape index (κ2) is 7.72. The highest BCUT2D eigenvalue weighted by atomic mass is 16.5. The molecule has 1 amide bonds. The Morgan fingerprint density at radius 3 is 2.61 bits per heavy atom. The van der Waals surface area contributed by atoms with Crippen LogP contribution in [0, 0.1) is 5.92 Å². The van der Waals surface area contributed by atoms with E-state index in [1.54, 1.807) is 19.4 Å². The van der Waals surface area contributed by atoms with Gasteiger partial charge in [-0.25, -0.2) is 4.98 Å². The van der Waals surface area contributed by atoms with Crippen molar-refractivity contribution in [1.82, 2.24) is 4.98 Å². The number of benzene rings is 2. The molecule has 5 heteroatoms. The van der Waals surface area contributed by atoms with Crippen molar-refractivity contribution in [2.24, 2.45) is 5.92 Å². The van der Waals surface area contributed by atoms with Crippen molar-refractivity contribution >= 4 is 11.7 Å². The monoisotopic (exact) mass is 374 g/mol. The van der Waals surface area contributed by atoms with Crippen LogP contribution in [-0.4, -0.2) is 24.6 Å². The van der Waals surface area contributed by atoms with E-state index in [2.05, 4.69) is 22.4 Å². The summed E-state index contributed by atoms with van der Waals surface area (Å²) in [5, 5.41) is 2.92. The van der Waals surface area contributed by atoms with Gasteiger partial charge in [0.1, 0.15) is 17.3 Å². The lowest BCUT2D eigenvalue weighted by molar-refractivity contribution is -0.117. The van der Waals surface area contributed by atoms with Gasteiger partial charge in [0.15, 0.2) is 0 Å². The fourth-order valence-electron chi connectivity index (χ4n) is 3.53. The summed E-state index contributed by atoms with van der Waals surface area (Å²) in [5.74, 6) is 1.84. The first-order valence-electron chi connectivity index (χ1n) is 9.25. The Morgan fingerprint density at radius 2 is 1.86 bits per heavy atom. The van der Waals surface area contributed by atoms with Crippen LogP contribution in [0.1, 0.15) is 12.0 Å². The van der Waals surface area contributed by atoms with E-state index in [0.717, 1.165) is 23.5 Å². The van der Waals surface area contributed by atoms with Crippen LogP contribution in [0.3, 0.4) is 0 Å². The zero-order chi connectivity index (χ0) is 19.4. The maximum absolute atomic E-state index is 12.8. The van der Waals surface area contributed by atoms with Gasteiger partial charge in [-0.3, -0.25) is 4.79 Å². The maximum atomic E-state index is 12.8. The Morgan fingerprint density at radius 1 is 1.07 bits per heavy atom. The molecule has 1 saturated carbocycles. The number of aromatic nitrogens is 1. The molecule has 1 heterocycles. The summed E-state index contributed by atoms with van der Waals surface area (Å²) in [5.41, 5.74) is 0.766. The number of hydrogen-bond donors (Lipinski definition) is 1. The van der Waals surface area contributed by atoms with Crippen LogP contribution in [0.25, 0.3) is 0 Å². The molecule has 0 spiro atoms. The average molecular weight is 374 g/mol. The van der Waals surface area contributed by atoms with Gasteiger partial charge in [-0.05, 0) is 36.2 Å². The molecule has 0 radical (unpaired) electrons. The molecule has 28 heavy (non-hydrogen) atoms. The fourth-order valence-corrected chi connectivity index (χ4v) is 3.53. The molecule has 3 aromatic rings. The minimum absolute atomic E-state index is 0.0307. The molecular formula is C23H22N2O3. The van der Waals surface area contributed by atoms with Crippen molar-refractivity contribution in [3.8, 4) is 11.5 Å². The molecule has 0 bridgehead atoms. The van der Waals surface area contributed by atoms with Gasteiger partial charge in [-0.15, -0.1) is 0 Å². The molecule has 1 fully saturated rings. The molecule has 2 unspecified atom stereocenters. The summed E-state index contributed by atoms with van der Waals surface area (Å²) in [6.07, 6.45) is 2.40. The number of methoxy groups -OCH3 is 1. The van der Waals surface area contributed by atoms with Gasteiger partial charge < -0.3 is 14.8 Å². The molecule has 5 nitrogen and oxygen atoms in total. The molecule has 1 N–H and O–H groups in total. The van der Waals surface area contributed by atoms with Gasteiger partial charge in [-0.2, -0.15) is 0 Å². The number of hydrogen-bond acceptors (Lipinski definition) is 4. The third-order valence-electron chi connectivity index (χ3n) is 5.19. The van der Waals surface area contributed by atoms with Crippen LogP contribution in [-0.2, 0) is 10.2 Å². The first-order chi connectivity index (χ1) is 13.7. The molecular weight excluding hydrogens is 352 g/mol. The van der Waals surface area contributed by atoms with Crippen molar-refractivity contribution in [2.75, 3.05) is 19.0 Å². The Bertz CT molecular complexity index is 946. The summed E-state index contributed by atoms with van der Waals surface area (Å²) in [7, 11) is 1.63. The van der Waals surface area contributed by atoms with Crippen LogP contribution in [0.2, 0.25) is 0 Å².